The largest absolute Gasteiger partial charge is 0.342 e. The molecule has 0 aliphatic heterocycles. The van der Waals surface area contributed by atoms with Crippen molar-refractivity contribution in [2.75, 3.05) is 0 Å². The molecule has 0 aliphatic carbocycles. The number of imidazole rings is 1. The third-order valence-corrected chi connectivity index (χ3v) is 4.48. The second-order valence-electron chi connectivity index (χ2n) is 6.32. The van der Waals surface area contributed by atoms with E-state index in [1.807, 2.05) is 36.7 Å². The lowest BCUT2D eigenvalue weighted by molar-refractivity contribution is 0.798. The van der Waals surface area contributed by atoms with Gasteiger partial charge in [-0.05, 0) is 26.0 Å². The van der Waals surface area contributed by atoms with Crippen LogP contribution in [0.5, 0.6) is 0 Å². The predicted molar refractivity (Wildman–Crippen MR) is 96.9 cm³/mol. The molecule has 1 N–H and O–H groups in total. The Hall–Kier alpha value is -3.42. The first-order valence-electron chi connectivity index (χ1n) is 8.45. The van der Waals surface area contributed by atoms with E-state index in [9.17, 15) is 0 Å². The van der Waals surface area contributed by atoms with Gasteiger partial charge >= 0.3 is 0 Å². The van der Waals surface area contributed by atoms with E-state index in [0.717, 1.165) is 57.2 Å². The zero-order valence-electron chi connectivity index (χ0n) is 14.4. The normalized spacial score (nSPS) is 11.8. The van der Waals surface area contributed by atoms with Crippen LogP contribution in [-0.2, 0) is 12.8 Å². The molecule has 0 spiro atoms. The molecule has 8 heteroatoms. The van der Waals surface area contributed by atoms with Gasteiger partial charge in [0.25, 0.3) is 0 Å². The molecule has 0 aliphatic rings. The van der Waals surface area contributed by atoms with Crippen molar-refractivity contribution in [3.63, 3.8) is 0 Å². The van der Waals surface area contributed by atoms with Crippen LogP contribution in [0.15, 0.2) is 30.7 Å². The SMILES string of the molecule is Cc1ncc(C)n2nc(CCc3nc4c(ccc5nccnc54)[nH]3)nc12. The second-order valence-corrected chi connectivity index (χ2v) is 6.32. The van der Waals surface area contributed by atoms with Gasteiger partial charge < -0.3 is 4.98 Å². The van der Waals surface area contributed by atoms with Crippen LogP contribution in [-0.4, -0.2) is 39.5 Å². The molecule has 0 saturated carbocycles. The second kappa shape index (κ2) is 5.55. The van der Waals surface area contributed by atoms with Crippen LogP contribution in [0, 0.1) is 13.8 Å². The lowest BCUT2D eigenvalue weighted by Crippen LogP contribution is -1.98. The summed E-state index contributed by atoms with van der Waals surface area (Å²) in [5.41, 5.74) is 6.14. The van der Waals surface area contributed by atoms with Gasteiger partial charge in [0.15, 0.2) is 11.5 Å². The van der Waals surface area contributed by atoms with Gasteiger partial charge in [-0.2, -0.15) is 5.10 Å². The Balaban J connectivity index is 1.47. The molecule has 0 amide bonds. The number of aryl methyl sites for hydroxylation is 4. The van der Waals surface area contributed by atoms with Gasteiger partial charge in [-0.25, -0.2) is 14.5 Å². The van der Waals surface area contributed by atoms with Crippen LogP contribution in [0.2, 0.25) is 0 Å². The summed E-state index contributed by atoms with van der Waals surface area (Å²) in [6, 6.07) is 3.94. The van der Waals surface area contributed by atoms with Crippen LogP contribution in [0.3, 0.4) is 0 Å². The predicted octanol–water partition coefficient (Wildman–Crippen LogP) is 2.35. The molecule has 0 radical (unpaired) electrons. The summed E-state index contributed by atoms with van der Waals surface area (Å²) in [5.74, 6) is 1.68. The van der Waals surface area contributed by atoms with Gasteiger partial charge in [0.1, 0.15) is 16.9 Å². The van der Waals surface area contributed by atoms with Crippen molar-refractivity contribution in [2.45, 2.75) is 26.7 Å². The number of hydrogen-bond acceptors (Lipinski definition) is 6. The Bertz CT molecular complexity index is 1230. The Morgan fingerprint density at radius 1 is 0.962 bits per heavy atom. The highest BCUT2D eigenvalue weighted by molar-refractivity contribution is 5.99. The summed E-state index contributed by atoms with van der Waals surface area (Å²) in [5, 5.41) is 4.59. The smallest absolute Gasteiger partial charge is 0.177 e. The van der Waals surface area contributed by atoms with Gasteiger partial charge in [0.2, 0.25) is 0 Å². The monoisotopic (exact) mass is 344 g/mol. The standard InChI is InChI=1S/C18H16N8/c1-10-9-21-11(2)18-24-15(25-26(10)18)6-5-14-22-13-4-3-12-16(17(13)23-14)20-8-7-19-12/h3-4,7-9H,5-6H2,1-2H3,(H,22,23). The van der Waals surface area contributed by atoms with E-state index < -0.39 is 0 Å². The average Bonchev–Trinajstić information content (AvgIpc) is 3.28. The third kappa shape index (κ3) is 2.30. The topological polar surface area (TPSA) is 97.5 Å². The summed E-state index contributed by atoms with van der Waals surface area (Å²) in [6.45, 7) is 3.92. The molecule has 26 heavy (non-hydrogen) atoms. The van der Waals surface area contributed by atoms with Crippen molar-refractivity contribution in [3.8, 4) is 0 Å². The Kier molecular flexibility index (Phi) is 3.18. The number of aromatic nitrogens is 8. The third-order valence-electron chi connectivity index (χ3n) is 4.48. The number of fused-ring (bicyclic) bond motifs is 4. The summed E-state index contributed by atoms with van der Waals surface area (Å²) in [7, 11) is 0. The first kappa shape index (κ1) is 14.9. The van der Waals surface area contributed by atoms with Crippen molar-refractivity contribution >= 4 is 27.7 Å². The van der Waals surface area contributed by atoms with E-state index in [-0.39, 0.29) is 0 Å². The molecule has 0 fully saturated rings. The number of aromatic amines is 1. The molecule has 4 heterocycles. The van der Waals surface area contributed by atoms with Crippen LogP contribution >= 0.6 is 0 Å². The molecule has 128 valence electrons. The average molecular weight is 344 g/mol. The van der Waals surface area contributed by atoms with Crippen molar-refractivity contribution < 1.29 is 0 Å². The zero-order valence-corrected chi connectivity index (χ0v) is 14.4. The van der Waals surface area contributed by atoms with Gasteiger partial charge in [-0.1, -0.05) is 0 Å². The number of nitrogens with one attached hydrogen (secondary N) is 1. The number of rotatable bonds is 3. The molecular formula is C18H16N8. The lowest BCUT2D eigenvalue weighted by atomic mass is 10.2. The van der Waals surface area contributed by atoms with E-state index in [4.69, 9.17) is 4.98 Å². The molecule has 0 bridgehead atoms. The van der Waals surface area contributed by atoms with E-state index in [1.54, 1.807) is 12.4 Å². The van der Waals surface area contributed by atoms with Crippen molar-refractivity contribution in [2.24, 2.45) is 0 Å². The van der Waals surface area contributed by atoms with E-state index in [0.29, 0.717) is 6.42 Å². The summed E-state index contributed by atoms with van der Waals surface area (Å²) in [6.07, 6.45) is 6.61. The summed E-state index contributed by atoms with van der Waals surface area (Å²) in [4.78, 5) is 25.8. The van der Waals surface area contributed by atoms with Crippen LogP contribution < -0.4 is 0 Å². The van der Waals surface area contributed by atoms with Crippen molar-refractivity contribution in [3.05, 3.63) is 53.8 Å². The van der Waals surface area contributed by atoms with E-state index in [1.165, 1.54) is 0 Å². The van der Waals surface area contributed by atoms with E-state index in [2.05, 4.69) is 30.0 Å². The fourth-order valence-electron chi connectivity index (χ4n) is 3.15. The number of benzene rings is 1. The highest BCUT2D eigenvalue weighted by Crippen LogP contribution is 2.20. The Morgan fingerprint density at radius 2 is 1.85 bits per heavy atom. The van der Waals surface area contributed by atoms with Crippen molar-refractivity contribution in [1.29, 1.82) is 0 Å². The fraction of sp³-hybridized carbons (Fsp3) is 0.222. The molecule has 4 aromatic heterocycles. The van der Waals surface area contributed by atoms with Crippen LogP contribution in [0.25, 0.3) is 27.7 Å². The summed E-state index contributed by atoms with van der Waals surface area (Å²) < 4.78 is 1.85. The molecule has 1 aromatic carbocycles. The first-order chi connectivity index (χ1) is 12.7. The molecule has 0 unspecified atom stereocenters. The van der Waals surface area contributed by atoms with Crippen molar-refractivity contribution in [1.82, 2.24) is 39.5 Å². The maximum atomic E-state index is 4.71. The minimum Gasteiger partial charge on any atom is -0.342 e. The van der Waals surface area contributed by atoms with Gasteiger partial charge in [-0.15, -0.1) is 0 Å². The fourth-order valence-corrected chi connectivity index (χ4v) is 3.15. The maximum absolute atomic E-state index is 4.71. The number of nitrogens with zero attached hydrogens (tertiary/aromatic N) is 7. The highest BCUT2D eigenvalue weighted by atomic mass is 15.3. The Morgan fingerprint density at radius 3 is 2.73 bits per heavy atom. The highest BCUT2D eigenvalue weighted by Gasteiger charge is 2.12. The zero-order chi connectivity index (χ0) is 17.7. The minimum atomic E-state index is 0.698. The lowest BCUT2D eigenvalue weighted by Gasteiger charge is -1.97. The summed E-state index contributed by atoms with van der Waals surface area (Å²) >= 11 is 0. The molecule has 0 atom stereocenters. The Labute approximate surface area is 148 Å². The molecule has 5 rings (SSSR count). The van der Waals surface area contributed by atoms with Crippen LogP contribution in [0.4, 0.5) is 0 Å². The first-order valence-corrected chi connectivity index (χ1v) is 8.45. The molecule has 5 aromatic rings. The quantitative estimate of drug-likeness (QED) is 0.539. The van der Waals surface area contributed by atoms with Gasteiger partial charge in [-0.3, -0.25) is 15.0 Å². The van der Waals surface area contributed by atoms with Gasteiger partial charge in [0.05, 0.1) is 22.4 Å². The maximum Gasteiger partial charge on any atom is 0.177 e. The number of H-pyrrole nitrogens is 1. The molecule has 8 nitrogen and oxygen atoms in total. The number of hydrogen-bond donors (Lipinski definition) is 1. The van der Waals surface area contributed by atoms with Crippen LogP contribution in [0.1, 0.15) is 23.0 Å². The van der Waals surface area contributed by atoms with E-state index >= 15 is 0 Å². The molecular weight excluding hydrogens is 328 g/mol. The minimum absolute atomic E-state index is 0.698. The van der Waals surface area contributed by atoms with Gasteiger partial charge in [0, 0.05) is 31.4 Å². The molecule has 0 saturated heterocycles.